The predicted octanol–water partition coefficient (Wildman–Crippen LogP) is 4.20. The molecule has 4 unspecified atom stereocenters. The van der Waals surface area contributed by atoms with Crippen LogP contribution in [-0.2, 0) is 16.2 Å². The van der Waals surface area contributed by atoms with E-state index in [1.54, 1.807) is 36.4 Å². The average Bonchev–Trinajstić information content (AvgIpc) is 3.41. The highest BCUT2D eigenvalue weighted by Gasteiger charge is 2.59. The van der Waals surface area contributed by atoms with Crippen LogP contribution in [0.4, 0.5) is 4.39 Å². The number of fused-ring (bicyclic) bond motifs is 5. The first-order chi connectivity index (χ1) is 14.5. The predicted molar refractivity (Wildman–Crippen MR) is 109 cm³/mol. The van der Waals surface area contributed by atoms with Crippen LogP contribution in [0, 0.1) is 29.5 Å². The second-order valence-electron chi connectivity index (χ2n) is 7.79. The third kappa shape index (κ3) is 3.12. The van der Waals surface area contributed by atoms with E-state index in [4.69, 9.17) is 16.3 Å². The van der Waals surface area contributed by atoms with Crippen molar-refractivity contribution >= 4 is 29.6 Å². The molecule has 2 aromatic rings. The number of ether oxygens (including phenoxy) is 1. The number of allylic oxidation sites excluding steroid dienone is 2. The summed E-state index contributed by atoms with van der Waals surface area (Å²) in [7, 11) is 0. The first-order valence-electron chi connectivity index (χ1n) is 9.79. The maximum atomic E-state index is 13.9. The van der Waals surface area contributed by atoms with Gasteiger partial charge in [-0.25, -0.2) is 4.39 Å². The van der Waals surface area contributed by atoms with Crippen LogP contribution in [0.15, 0.2) is 59.7 Å². The number of imide groups is 1. The van der Waals surface area contributed by atoms with Crippen LogP contribution >= 0.6 is 11.6 Å². The van der Waals surface area contributed by atoms with Crippen LogP contribution in [-0.4, -0.2) is 23.0 Å². The minimum absolute atomic E-state index is 0.0237. The number of amides is 2. The summed E-state index contributed by atoms with van der Waals surface area (Å²) in [5.74, 6) is -0.799. The van der Waals surface area contributed by atoms with Gasteiger partial charge in [-0.3, -0.25) is 9.59 Å². The Balaban J connectivity index is 1.36. The van der Waals surface area contributed by atoms with Crippen molar-refractivity contribution in [3.8, 4) is 5.75 Å². The number of halogens is 2. The van der Waals surface area contributed by atoms with Crippen molar-refractivity contribution in [2.24, 2.45) is 28.8 Å². The van der Waals surface area contributed by atoms with E-state index < -0.39 is 0 Å². The molecule has 5 nitrogen and oxygen atoms in total. The van der Waals surface area contributed by atoms with Crippen molar-refractivity contribution in [1.29, 1.82) is 0 Å². The number of nitrogens with zero attached hydrogens (tertiary/aromatic N) is 2. The molecule has 1 heterocycles. The molecule has 1 saturated carbocycles. The molecule has 30 heavy (non-hydrogen) atoms. The number of hydrazone groups is 1. The molecule has 2 aliphatic carbocycles. The topological polar surface area (TPSA) is 59.0 Å². The fourth-order valence-electron chi connectivity index (χ4n) is 4.64. The van der Waals surface area contributed by atoms with E-state index in [1.807, 2.05) is 12.2 Å². The molecule has 1 saturated heterocycles. The van der Waals surface area contributed by atoms with Gasteiger partial charge in [0.1, 0.15) is 18.2 Å². The highest BCUT2D eigenvalue weighted by Crippen LogP contribution is 2.52. The lowest BCUT2D eigenvalue weighted by atomic mass is 9.85. The summed E-state index contributed by atoms with van der Waals surface area (Å²) in [6.07, 6.45) is 6.34. The molecule has 0 spiro atoms. The maximum absolute atomic E-state index is 13.9. The number of rotatable bonds is 5. The second kappa shape index (κ2) is 7.36. The fraction of sp³-hybridized carbons (Fsp3) is 0.261. The van der Waals surface area contributed by atoms with Crippen molar-refractivity contribution in [3.05, 3.63) is 76.6 Å². The Kier molecular flexibility index (Phi) is 4.66. The zero-order valence-electron chi connectivity index (χ0n) is 15.9. The van der Waals surface area contributed by atoms with Gasteiger partial charge in [0.25, 0.3) is 11.8 Å². The van der Waals surface area contributed by atoms with Gasteiger partial charge in [-0.15, -0.1) is 0 Å². The lowest BCUT2D eigenvalue weighted by molar-refractivity contribution is -0.140. The monoisotopic (exact) mass is 424 g/mol. The fourth-order valence-corrected chi connectivity index (χ4v) is 4.82. The summed E-state index contributed by atoms with van der Waals surface area (Å²) >= 11 is 6.10. The summed E-state index contributed by atoms with van der Waals surface area (Å²) in [5.41, 5.74) is 0.911. The Morgan fingerprint density at radius 1 is 1.10 bits per heavy atom. The van der Waals surface area contributed by atoms with E-state index in [2.05, 4.69) is 5.10 Å². The molecule has 3 aliphatic rings. The molecule has 5 rings (SSSR count). The highest BCUT2D eigenvalue weighted by molar-refractivity contribution is 6.31. The summed E-state index contributed by atoms with van der Waals surface area (Å²) in [6, 6.07) is 11.3. The number of carbonyl (C=O) groups excluding carboxylic acids is 2. The van der Waals surface area contributed by atoms with E-state index >= 15 is 0 Å². The molecule has 1 aliphatic heterocycles. The van der Waals surface area contributed by atoms with Gasteiger partial charge in [-0.1, -0.05) is 42.0 Å². The van der Waals surface area contributed by atoms with Crippen LogP contribution < -0.4 is 4.74 Å². The molecule has 2 fully saturated rings. The summed E-state index contributed by atoms with van der Waals surface area (Å²) in [5, 5.41) is 5.60. The van der Waals surface area contributed by atoms with Gasteiger partial charge in [0.2, 0.25) is 0 Å². The highest BCUT2D eigenvalue weighted by atomic mass is 35.5. The van der Waals surface area contributed by atoms with Gasteiger partial charge < -0.3 is 4.74 Å². The van der Waals surface area contributed by atoms with Crippen LogP contribution in [0.1, 0.15) is 17.5 Å². The zero-order chi connectivity index (χ0) is 20.8. The van der Waals surface area contributed by atoms with Gasteiger partial charge in [0.15, 0.2) is 0 Å². The molecule has 7 heteroatoms. The van der Waals surface area contributed by atoms with E-state index in [0.29, 0.717) is 21.9 Å². The Labute approximate surface area is 177 Å². The Morgan fingerprint density at radius 2 is 1.80 bits per heavy atom. The van der Waals surface area contributed by atoms with Gasteiger partial charge in [0.05, 0.1) is 18.1 Å². The molecule has 152 valence electrons. The zero-order valence-corrected chi connectivity index (χ0v) is 16.6. The standard InChI is InChI=1S/C23H18ClFN2O3/c24-17-7-8-19(30-12-15-3-1-2-4-18(15)25)16(10-17)11-26-27-22(28)20-13-5-6-14(9-13)21(20)23(27)29/h1-8,10-11,13-14,20-21H,9,12H2. The van der Waals surface area contributed by atoms with Gasteiger partial charge in [-0.05, 0) is 42.5 Å². The van der Waals surface area contributed by atoms with Crippen LogP contribution in [0.25, 0.3) is 0 Å². The third-order valence-corrected chi connectivity index (χ3v) is 6.31. The van der Waals surface area contributed by atoms with Crippen LogP contribution in [0.2, 0.25) is 5.02 Å². The van der Waals surface area contributed by atoms with Crippen LogP contribution in [0.3, 0.4) is 0 Å². The lowest BCUT2D eigenvalue weighted by Crippen LogP contribution is -2.28. The molecular weight excluding hydrogens is 407 g/mol. The Bertz CT molecular complexity index is 1070. The van der Waals surface area contributed by atoms with Gasteiger partial charge >= 0.3 is 0 Å². The normalized spacial score (nSPS) is 26.8. The minimum atomic E-state index is -0.357. The van der Waals surface area contributed by atoms with Crippen molar-refractivity contribution < 1.29 is 18.7 Å². The smallest absolute Gasteiger partial charge is 0.254 e. The van der Waals surface area contributed by atoms with Crippen LogP contribution in [0.5, 0.6) is 5.75 Å². The molecule has 2 amide bonds. The maximum Gasteiger partial charge on any atom is 0.254 e. The largest absolute Gasteiger partial charge is 0.488 e. The molecule has 2 bridgehead atoms. The average molecular weight is 425 g/mol. The van der Waals surface area contributed by atoms with Gasteiger partial charge in [-0.2, -0.15) is 10.1 Å². The first kappa shape index (κ1) is 19.0. The first-order valence-corrected chi connectivity index (χ1v) is 10.2. The molecule has 4 atom stereocenters. The number of hydrogen-bond donors (Lipinski definition) is 0. The lowest BCUT2D eigenvalue weighted by Gasteiger charge is -2.13. The SMILES string of the molecule is O=C1C2C3C=CC(C3)C2C(=O)N1N=Cc1cc(Cl)ccc1OCc1ccccc1F. The van der Waals surface area contributed by atoms with E-state index in [0.717, 1.165) is 11.4 Å². The Morgan fingerprint density at radius 3 is 2.50 bits per heavy atom. The van der Waals surface area contributed by atoms with E-state index in [1.165, 1.54) is 12.3 Å². The minimum Gasteiger partial charge on any atom is -0.488 e. The molecule has 0 radical (unpaired) electrons. The third-order valence-electron chi connectivity index (χ3n) is 6.07. The second-order valence-corrected chi connectivity index (χ2v) is 8.23. The number of hydrogen-bond acceptors (Lipinski definition) is 4. The summed E-state index contributed by atoms with van der Waals surface area (Å²) in [6.45, 7) is 0.0237. The van der Waals surface area contributed by atoms with Crippen molar-refractivity contribution in [2.45, 2.75) is 13.0 Å². The van der Waals surface area contributed by atoms with E-state index in [-0.39, 0.29) is 47.9 Å². The quantitative estimate of drug-likeness (QED) is 0.410. The van der Waals surface area contributed by atoms with Crippen molar-refractivity contribution in [2.75, 3.05) is 0 Å². The molecule has 2 aromatic carbocycles. The van der Waals surface area contributed by atoms with Crippen molar-refractivity contribution in [3.63, 3.8) is 0 Å². The summed E-state index contributed by atoms with van der Waals surface area (Å²) < 4.78 is 19.6. The molecule has 0 N–H and O–H groups in total. The number of carbonyl (C=O) groups is 2. The number of benzene rings is 2. The van der Waals surface area contributed by atoms with Gasteiger partial charge in [0, 0.05) is 16.1 Å². The van der Waals surface area contributed by atoms with E-state index in [9.17, 15) is 14.0 Å². The summed E-state index contributed by atoms with van der Waals surface area (Å²) in [4.78, 5) is 25.5. The molecule has 0 aromatic heterocycles. The van der Waals surface area contributed by atoms with Crippen molar-refractivity contribution in [1.82, 2.24) is 5.01 Å². The Hall–Kier alpha value is -2.99. The molecular formula is C23H18ClFN2O3.